The zero-order valence-electron chi connectivity index (χ0n) is 13.9. The Balaban J connectivity index is 1.60. The normalized spacial score (nSPS) is 14.6. The van der Waals surface area contributed by atoms with Crippen LogP contribution in [-0.4, -0.2) is 18.0 Å². The Labute approximate surface area is 145 Å². The van der Waals surface area contributed by atoms with Crippen molar-refractivity contribution in [3.05, 3.63) is 51.2 Å². The van der Waals surface area contributed by atoms with E-state index in [1.807, 2.05) is 37.3 Å². The average molecular weight is 343 g/mol. The second-order valence-electron chi connectivity index (χ2n) is 6.17. The fourth-order valence-electron chi connectivity index (χ4n) is 2.74. The van der Waals surface area contributed by atoms with E-state index in [1.165, 1.54) is 34.6 Å². The molecule has 126 valence electrons. The van der Waals surface area contributed by atoms with Crippen molar-refractivity contribution in [2.24, 2.45) is 0 Å². The zero-order chi connectivity index (χ0) is 17.1. The average Bonchev–Trinajstić information content (AvgIpc) is 3.01. The highest BCUT2D eigenvalue weighted by atomic mass is 32.1. The second-order valence-corrected chi connectivity index (χ2v) is 7.31. The largest absolute Gasteiger partial charge is 0.448 e. The van der Waals surface area contributed by atoms with E-state index in [0.717, 1.165) is 18.4 Å². The van der Waals surface area contributed by atoms with Crippen LogP contribution >= 0.6 is 11.3 Å². The van der Waals surface area contributed by atoms with Gasteiger partial charge in [0, 0.05) is 10.6 Å². The Morgan fingerprint density at radius 3 is 2.58 bits per heavy atom. The van der Waals surface area contributed by atoms with Crippen molar-refractivity contribution in [3.63, 3.8) is 0 Å². The van der Waals surface area contributed by atoms with Gasteiger partial charge in [-0.1, -0.05) is 17.7 Å². The molecule has 4 nitrogen and oxygen atoms in total. The van der Waals surface area contributed by atoms with Crippen LogP contribution in [0.2, 0.25) is 0 Å². The molecule has 1 heterocycles. The highest BCUT2D eigenvalue weighted by Crippen LogP contribution is 2.30. The number of fused-ring (bicyclic) bond motifs is 1. The molecule has 1 atom stereocenters. The molecule has 0 fully saturated rings. The molecule has 1 aliphatic rings. The third-order valence-corrected chi connectivity index (χ3v) is 5.39. The lowest BCUT2D eigenvalue weighted by molar-refractivity contribution is -0.123. The number of carbonyl (C=O) groups excluding carboxylic acids is 2. The molecule has 0 aliphatic heterocycles. The summed E-state index contributed by atoms with van der Waals surface area (Å²) in [6.07, 6.45) is 3.59. The molecule has 1 unspecified atom stereocenters. The van der Waals surface area contributed by atoms with Crippen molar-refractivity contribution < 1.29 is 14.3 Å². The van der Waals surface area contributed by atoms with Crippen LogP contribution in [0.25, 0.3) is 0 Å². The Morgan fingerprint density at radius 2 is 1.88 bits per heavy atom. The summed E-state index contributed by atoms with van der Waals surface area (Å²) in [6.45, 7) is 3.57. The molecule has 1 aliphatic carbocycles. The minimum Gasteiger partial charge on any atom is -0.448 e. The Bertz CT molecular complexity index is 725. The number of rotatable bonds is 4. The number of nitrogens with one attached hydrogen (secondary N) is 1. The monoisotopic (exact) mass is 343 g/mol. The number of esters is 1. The first-order valence-electron chi connectivity index (χ1n) is 8.23. The van der Waals surface area contributed by atoms with E-state index in [1.54, 1.807) is 6.92 Å². The Hall–Kier alpha value is -2.14. The summed E-state index contributed by atoms with van der Waals surface area (Å²) in [5, 5.41) is 2.76. The third-order valence-electron chi connectivity index (χ3n) is 4.17. The van der Waals surface area contributed by atoms with E-state index in [2.05, 4.69) is 5.32 Å². The van der Waals surface area contributed by atoms with Crippen molar-refractivity contribution in [3.8, 4) is 0 Å². The van der Waals surface area contributed by atoms with Crippen molar-refractivity contribution >= 4 is 28.9 Å². The van der Waals surface area contributed by atoms with Gasteiger partial charge in [0.15, 0.2) is 6.10 Å². The molecule has 1 aromatic heterocycles. The summed E-state index contributed by atoms with van der Waals surface area (Å²) in [5.41, 5.74) is 3.07. The SMILES string of the molecule is Cc1ccc(NC(=O)C(C)OC(=O)c2cc3c(s2)CCCC3)cc1. The van der Waals surface area contributed by atoms with Crippen molar-refractivity contribution in [2.45, 2.75) is 45.6 Å². The van der Waals surface area contributed by atoms with Crippen LogP contribution in [0.1, 0.15) is 45.4 Å². The minimum absolute atomic E-state index is 0.325. The van der Waals surface area contributed by atoms with Gasteiger partial charge >= 0.3 is 5.97 Å². The molecule has 1 aromatic carbocycles. The maximum Gasteiger partial charge on any atom is 0.349 e. The number of aryl methyl sites for hydroxylation is 3. The smallest absolute Gasteiger partial charge is 0.349 e. The molecule has 2 aromatic rings. The number of thiophene rings is 1. The topological polar surface area (TPSA) is 55.4 Å². The first kappa shape index (κ1) is 16.7. The van der Waals surface area contributed by atoms with Crippen LogP contribution in [0.3, 0.4) is 0 Å². The molecule has 5 heteroatoms. The number of anilines is 1. The number of benzene rings is 1. The summed E-state index contributed by atoms with van der Waals surface area (Å²) in [5.74, 6) is -0.741. The van der Waals surface area contributed by atoms with Crippen LogP contribution in [0, 0.1) is 6.92 Å². The van der Waals surface area contributed by atoms with Gasteiger partial charge in [0.2, 0.25) is 0 Å². The lowest BCUT2D eigenvalue weighted by Crippen LogP contribution is -2.29. The van der Waals surface area contributed by atoms with Gasteiger partial charge in [0.05, 0.1) is 0 Å². The first-order valence-corrected chi connectivity index (χ1v) is 9.04. The Morgan fingerprint density at radius 1 is 1.17 bits per heavy atom. The number of amides is 1. The lowest BCUT2D eigenvalue weighted by atomic mass is 9.99. The number of hydrogen-bond acceptors (Lipinski definition) is 4. The van der Waals surface area contributed by atoms with E-state index in [0.29, 0.717) is 10.6 Å². The number of ether oxygens (including phenoxy) is 1. The van der Waals surface area contributed by atoms with E-state index in [-0.39, 0.29) is 5.91 Å². The predicted octanol–water partition coefficient (Wildman–Crippen LogP) is 4.12. The lowest BCUT2D eigenvalue weighted by Gasteiger charge is -2.13. The van der Waals surface area contributed by atoms with Gasteiger partial charge in [-0.15, -0.1) is 11.3 Å². The van der Waals surface area contributed by atoms with Crippen LogP contribution in [-0.2, 0) is 22.4 Å². The predicted molar refractivity (Wildman–Crippen MR) is 95.6 cm³/mol. The highest BCUT2D eigenvalue weighted by Gasteiger charge is 2.22. The van der Waals surface area contributed by atoms with Crippen molar-refractivity contribution in [2.75, 3.05) is 5.32 Å². The van der Waals surface area contributed by atoms with Gasteiger partial charge in [-0.05, 0) is 63.3 Å². The minimum atomic E-state index is -0.835. The van der Waals surface area contributed by atoms with E-state index in [9.17, 15) is 9.59 Å². The molecule has 1 amide bonds. The van der Waals surface area contributed by atoms with Gasteiger partial charge < -0.3 is 10.1 Å². The van der Waals surface area contributed by atoms with Gasteiger partial charge in [-0.25, -0.2) is 4.79 Å². The molecule has 0 saturated heterocycles. The molecular weight excluding hydrogens is 322 g/mol. The van der Waals surface area contributed by atoms with E-state index < -0.39 is 12.1 Å². The Kier molecular flexibility index (Phi) is 5.00. The van der Waals surface area contributed by atoms with Gasteiger partial charge in [-0.2, -0.15) is 0 Å². The summed E-state index contributed by atoms with van der Waals surface area (Å²) in [4.78, 5) is 26.3. The molecular formula is C19H21NO3S. The van der Waals surface area contributed by atoms with E-state index in [4.69, 9.17) is 4.74 Å². The van der Waals surface area contributed by atoms with Crippen molar-refractivity contribution in [1.29, 1.82) is 0 Å². The van der Waals surface area contributed by atoms with Crippen LogP contribution in [0.15, 0.2) is 30.3 Å². The zero-order valence-corrected chi connectivity index (χ0v) is 14.7. The van der Waals surface area contributed by atoms with Gasteiger partial charge in [-0.3, -0.25) is 4.79 Å². The fourth-order valence-corrected chi connectivity index (χ4v) is 3.88. The molecule has 0 bridgehead atoms. The fraction of sp³-hybridized carbons (Fsp3) is 0.368. The molecule has 0 saturated carbocycles. The molecule has 24 heavy (non-hydrogen) atoms. The van der Waals surface area contributed by atoms with E-state index >= 15 is 0 Å². The number of carbonyl (C=O) groups is 2. The molecule has 3 rings (SSSR count). The number of hydrogen-bond donors (Lipinski definition) is 1. The summed E-state index contributed by atoms with van der Waals surface area (Å²) >= 11 is 1.50. The van der Waals surface area contributed by atoms with Gasteiger partial charge in [0.25, 0.3) is 5.91 Å². The maximum atomic E-state index is 12.3. The highest BCUT2D eigenvalue weighted by molar-refractivity contribution is 7.14. The van der Waals surface area contributed by atoms with Crippen LogP contribution in [0.4, 0.5) is 5.69 Å². The molecule has 0 spiro atoms. The quantitative estimate of drug-likeness (QED) is 0.850. The summed E-state index contributed by atoms with van der Waals surface area (Å²) < 4.78 is 5.33. The standard InChI is InChI=1S/C19H21NO3S/c1-12-7-9-15(10-8-12)20-18(21)13(2)23-19(22)17-11-14-5-3-4-6-16(14)24-17/h7-11,13H,3-6H2,1-2H3,(H,20,21). The first-order chi connectivity index (χ1) is 11.5. The molecule has 0 radical (unpaired) electrons. The second kappa shape index (κ2) is 7.18. The maximum absolute atomic E-state index is 12.3. The van der Waals surface area contributed by atoms with Crippen molar-refractivity contribution in [1.82, 2.24) is 0 Å². The molecule has 1 N–H and O–H groups in total. The van der Waals surface area contributed by atoms with Gasteiger partial charge in [0.1, 0.15) is 4.88 Å². The van der Waals surface area contributed by atoms with Crippen LogP contribution in [0.5, 0.6) is 0 Å². The third kappa shape index (κ3) is 3.85. The van der Waals surface area contributed by atoms with Crippen LogP contribution < -0.4 is 5.32 Å². The summed E-state index contributed by atoms with van der Waals surface area (Å²) in [6, 6.07) is 9.42. The summed E-state index contributed by atoms with van der Waals surface area (Å²) in [7, 11) is 0.